The molecular weight excluding hydrogens is 344 g/mol. The van der Waals surface area contributed by atoms with Crippen LogP contribution in [0.3, 0.4) is 0 Å². The van der Waals surface area contributed by atoms with Crippen LogP contribution in [0, 0.1) is 6.92 Å². The van der Waals surface area contributed by atoms with Gasteiger partial charge in [0.15, 0.2) is 0 Å². The molecular formula is C21H24N2O4. The first-order valence-corrected chi connectivity index (χ1v) is 8.97. The number of nitrogens with zero attached hydrogens (tertiary/aromatic N) is 1. The molecule has 0 atom stereocenters. The average Bonchev–Trinajstić information content (AvgIpc) is 2.68. The Kier molecular flexibility index (Phi) is 6.08. The number of anilines is 2. The summed E-state index contributed by atoms with van der Waals surface area (Å²) in [4.78, 5) is 26.8. The Bertz CT molecular complexity index is 829. The highest BCUT2D eigenvalue weighted by atomic mass is 16.5. The van der Waals surface area contributed by atoms with Gasteiger partial charge in [-0.15, -0.1) is 0 Å². The number of methoxy groups -OCH3 is 1. The van der Waals surface area contributed by atoms with Crippen molar-refractivity contribution in [3.8, 4) is 0 Å². The summed E-state index contributed by atoms with van der Waals surface area (Å²) in [7, 11) is 1.34. The van der Waals surface area contributed by atoms with Crippen molar-refractivity contribution in [3.63, 3.8) is 0 Å². The Morgan fingerprint density at radius 3 is 2.63 bits per heavy atom. The first-order valence-electron chi connectivity index (χ1n) is 8.97. The van der Waals surface area contributed by atoms with Crippen molar-refractivity contribution in [2.45, 2.75) is 13.3 Å². The summed E-state index contributed by atoms with van der Waals surface area (Å²) < 4.78 is 10.3. The van der Waals surface area contributed by atoms with Gasteiger partial charge in [0, 0.05) is 18.8 Å². The molecule has 1 heterocycles. The van der Waals surface area contributed by atoms with Crippen molar-refractivity contribution in [2.24, 2.45) is 0 Å². The van der Waals surface area contributed by atoms with Crippen LogP contribution >= 0.6 is 0 Å². The van der Waals surface area contributed by atoms with E-state index in [2.05, 4.69) is 10.2 Å². The molecule has 1 saturated heterocycles. The summed E-state index contributed by atoms with van der Waals surface area (Å²) in [5, 5.41) is 2.84. The minimum absolute atomic E-state index is 0.176. The highest BCUT2D eigenvalue weighted by Gasteiger charge is 2.18. The smallest absolute Gasteiger partial charge is 0.340 e. The lowest BCUT2D eigenvalue weighted by atomic mass is 10.1. The van der Waals surface area contributed by atoms with E-state index in [1.165, 1.54) is 7.11 Å². The number of hydrogen-bond acceptors (Lipinski definition) is 5. The maximum absolute atomic E-state index is 12.5. The Balaban J connectivity index is 1.78. The van der Waals surface area contributed by atoms with Gasteiger partial charge in [-0.2, -0.15) is 0 Å². The standard InChI is InChI=1S/C21H24N2O4/c1-15-4-3-5-16(12-15)13-20(24)22-19-7-6-17(14-18(19)21(25)26-2)23-8-10-27-11-9-23/h3-7,12,14H,8-11,13H2,1-2H3,(H,22,24). The SMILES string of the molecule is COC(=O)c1cc(N2CCOCC2)ccc1NC(=O)Cc1cccc(C)c1. The van der Waals surface area contributed by atoms with Gasteiger partial charge in [0.1, 0.15) is 0 Å². The summed E-state index contributed by atoms with van der Waals surface area (Å²) in [5.74, 6) is -0.652. The molecule has 0 saturated carbocycles. The molecule has 27 heavy (non-hydrogen) atoms. The molecule has 0 bridgehead atoms. The fraction of sp³-hybridized carbons (Fsp3) is 0.333. The highest BCUT2D eigenvalue weighted by molar-refractivity contribution is 6.02. The first-order chi connectivity index (χ1) is 13.1. The zero-order valence-electron chi connectivity index (χ0n) is 15.7. The lowest BCUT2D eigenvalue weighted by Crippen LogP contribution is -2.36. The van der Waals surface area contributed by atoms with E-state index in [9.17, 15) is 9.59 Å². The van der Waals surface area contributed by atoms with Crippen LogP contribution in [0.25, 0.3) is 0 Å². The lowest BCUT2D eigenvalue weighted by Gasteiger charge is -2.29. The number of carbonyl (C=O) groups is 2. The molecule has 1 N–H and O–H groups in total. The Morgan fingerprint density at radius 1 is 1.15 bits per heavy atom. The third-order valence-corrected chi connectivity index (χ3v) is 4.51. The number of amides is 1. The van der Waals surface area contributed by atoms with Gasteiger partial charge < -0.3 is 19.7 Å². The van der Waals surface area contributed by atoms with Crippen LogP contribution in [0.4, 0.5) is 11.4 Å². The number of hydrogen-bond donors (Lipinski definition) is 1. The molecule has 0 aliphatic carbocycles. The van der Waals surface area contributed by atoms with Crippen LogP contribution in [0.1, 0.15) is 21.5 Å². The number of morpholine rings is 1. The molecule has 0 radical (unpaired) electrons. The van der Waals surface area contributed by atoms with E-state index in [1.807, 2.05) is 37.3 Å². The molecule has 0 aromatic heterocycles. The zero-order valence-corrected chi connectivity index (χ0v) is 15.7. The van der Waals surface area contributed by atoms with E-state index in [0.717, 1.165) is 29.9 Å². The average molecular weight is 368 g/mol. The molecule has 1 aliphatic heterocycles. The van der Waals surface area contributed by atoms with Crippen LogP contribution < -0.4 is 10.2 Å². The molecule has 1 fully saturated rings. The van der Waals surface area contributed by atoms with Crippen LogP contribution in [0.5, 0.6) is 0 Å². The highest BCUT2D eigenvalue weighted by Crippen LogP contribution is 2.25. The number of benzene rings is 2. The zero-order chi connectivity index (χ0) is 19.2. The van der Waals surface area contributed by atoms with Crippen LogP contribution in [0.2, 0.25) is 0 Å². The second-order valence-electron chi connectivity index (χ2n) is 6.53. The third-order valence-electron chi connectivity index (χ3n) is 4.51. The predicted molar refractivity (Wildman–Crippen MR) is 104 cm³/mol. The molecule has 3 rings (SSSR count). The quantitative estimate of drug-likeness (QED) is 0.822. The number of carbonyl (C=O) groups excluding carboxylic acids is 2. The van der Waals surface area contributed by atoms with E-state index >= 15 is 0 Å². The molecule has 1 amide bonds. The molecule has 6 heteroatoms. The van der Waals surface area contributed by atoms with Gasteiger partial charge in [0.25, 0.3) is 0 Å². The molecule has 0 unspecified atom stereocenters. The van der Waals surface area contributed by atoms with Crippen molar-refractivity contribution in [1.82, 2.24) is 0 Å². The fourth-order valence-electron chi connectivity index (χ4n) is 3.14. The van der Waals surface area contributed by atoms with E-state index in [1.54, 1.807) is 12.1 Å². The lowest BCUT2D eigenvalue weighted by molar-refractivity contribution is -0.115. The van der Waals surface area contributed by atoms with Gasteiger partial charge in [0.05, 0.1) is 38.0 Å². The van der Waals surface area contributed by atoms with E-state index in [0.29, 0.717) is 24.5 Å². The molecule has 2 aromatic rings. The molecule has 142 valence electrons. The molecule has 6 nitrogen and oxygen atoms in total. The summed E-state index contributed by atoms with van der Waals surface area (Å²) >= 11 is 0. The number of nitrogens with one attached hydrogen (secondary N) is 1. The maximum Gasteiger partial charge on any atom is 0.340 e. The van der Waals surface area contributed by atoms with Crippen molar-refractivity contribution >= 4 is 23.3 Å². The first kappa shape index (κ1) is 18.9. The van der Waals surface area contributed by atoms with E-state index < -0.39 is 5.97 Å². The van der Waals surface area contributed by atoms with Gasteiger partial charge in [-0.1, -0.05) is 29.8 Å². The minimum Gasteiger partial charge on any atom is -0.465 e. The maximum atomic E-state index is 12.5. The minimum atomic E-state index is -0.476. The van der Waals surface area contributed by atoms with E-state index in [4.69, 9.17) is 9.47 Å². The summed E-state index contributed by atoms with van der Waals surface area (Å²) in [6, 6.07) is 13.2. The largest absolute Gasteiger partial charge is 0.465 e. The van der Waals surface area contributed by atoms with Gasteiger partial charge >= 0.3 is 5.97 Å². The normalized spacial score (nSPS) is 13.9. The second kappa shape index (κ2) is 8.68. The monoisotopic (exact) mass is 368 g/mol. The Morgan fingerprint density at radius 2 is 1.93 bits per heavy atom. The molecule has 2 aromatic carbocycles. The van der Waals surface area contributed by atoms with Gasteiger partial charge in [-0.25, -0.2) is 4.79 Å². The van der Waals surface area contributed by atoms with Crippen molar-refractivity contribution in [3.05, 3.63) is 59.2 Å². The third kappa shape index (κ3) is 4.86. The van der Waals surface area contributed by atoms with Crippen molar-refractivity contribution in [1.29, 1.82) is 0 Å². The fourth-order valence-corrected chi connectivity index (χ4v) is 3.14. The van der Waals surface area contributed by atoms with Gasteiger partial charge in [-0.05, 0) is 30.7 Å². The number of aryl methyl sites for hydroxylation is 1. The van der Waals surface area contributed by atoms with Crippen LogP contribution in [-0.2, 0) is 20.7 Å². The van der Waals surface area contributed by atoms with Crippen molar-refractivity contribution in [2.75, 3.05) is 43.6 Å². The number of rotatable bonds is 5. The topological polar surface area (TPSA) is 67.9 Å². The predicted octanol–water partition coefficient (Wildman–Crippen LogP) is 2.80. The number of esters is 1. The molecule has 1 aliphatic rings. The van der Waals surface area contributed by atoms with Gasteiger partial charge in [0.2, 0.25) is 5.91 Å². The Labute approximate surface area is 159 Å². The summed E-state index contributed by atoms with van der Waals surface area (Å²) in [6.07, 6.45) is 0.244. The Hall–Kier alpha value is -2.86. The summed E-state index contributed by atoms with van der Waals surface area (Å²) in [5.41, 5.74) is 3.74. The van der Waals surface area contributed by atoms with Crippen LogP contribution in [0.15, 0.2) is 42.5 Å². The van der Waals surface area contributed by atoms with Crippen molar-refractivity contribution < 1.29 is 19.1 Å². The van der Waals surface area contributed by atoms with Gasteiger partial charge in [-0.3, -0.25) is 4.79 Å². The molecule has 0 spiro atoms. The summed E-state index contributed by atoms with van der Waals surface area (Å²) in [6.45, 7) is 4.82. The van der Waals surface area contributed by atoms with E-state index in [-0.39, 0.29) is 12.3 Å². The number of ether oxygens (including phenoxy) is 2. The second-order valence-corrected chi connectivity index (χ2v) is 6.53. The van der Waals surface area contributed by atoms with Crippen LogP contribution in [-0.4, -0.2) is 45.3 Å².